The van der Waals surface area contributed by atoms with Crippen LogP contribution >= 0.6 is 0 Å². The van der Waals surface area contributed by atoms with E-state index in [1.807, 2.05) is 6.92 Å². The predicted octanol–water partition coefficient (Wildman–Crippen LogP) is 3.15. The minimum absolute atomic E-state index is 0.214. The van der Waals surface area contributed by atoms with Crippen LogP contribution in [0.15, 0.2) is 18.2 Å². The highest BCUT2D eigenvalue weighted by atomic mass is 19.1. The van der Waals surface area contributed by atoms with Crippen LogP contribution < -0.4 is 10.1 Å². The van der Waals surface area contributed by atoms with Crippen LogP contribution in [0.3, 0.4) is 0 Å². The van der Waals surface area contributed by atoms with Gasteiger partial charge in [0, 0.05) is 0 Å². The van der Waals surface area contributed by atoms with E-state index in [1.165, 1.54) is 12.1 Å². The average molecular weight is 239 g/mol. The first-order valence-corrected chi connectivity index (χ1v) is 6.19. The summed E-state index contributed by atoms with van der Waals surface area (Å²) >= 11 is 0. The highest BCUT2D eigenvalue weighted by Crippen LogP contribution is 2.18. The van der Waals surface area contributed by atoms with Crippen molar-refractivity contribution in [1.29, 1.82) is 0 Å². The molecule has 0 atom stereocenters. The van der Waals surface area contributed by atoms with E-state index in [-0.39, 0.29) is 5.82 Å². The first-order chi connectivity index (χ1) is 8.09. The lowest BCUT2D eigenvalue weighted by molar-refractivity contribution is 0.304. The van der Waals surface area contributed by atoms with Crippen LogP contribution in [0.4, 0.5) is 4.39 Å². The zero-order chi connectivity index (χ0) is 12.7. The third-order valence-corrected chi connectivity index (χ3v) is 2.45. The maximum absolute atomic E-state index is 12.8. The first-order valence-electron chi connectivity index (χ1n) is 6.19. The van der Waals surface area contributed by atoms with E-state index in [9.17, 15) is 4.39 Å². The number of benzene rings is 1. The predicted molar refractivity (Wildman–Crippen MR) is 69.0 cm³/mol. The van der Waals surface area contributed by atoms with Crippen LogP contribution in [0.1, 0.15) is 25.8 Å². The Labute approximate surface area is 103 Å². The Morgan fingerprint density at radius 3 is 2.76 bits per heavy atom. The molecule has 96 valence electrons. The second kappa shape index (κ2) is 7.28. The van der Waals surface area contributed by atoms with E-state index in [0.29, 0.717) is 12.5 Å². The van der Waals surface area contributed by atoms with Crippen molar-refractivity contribution in [3.63, 3.8) is 0 Å². The second-order valence-electron chi connectivity index (χ2n) is 4.71. The third-order valence-electron chi connectivity index (χ3n) is 2.45. The molecular formula is C14H22FNO. The Bertz CT molecular complexity index is 339. The molecule has 0 unspecified atom stereocenters. The summed E-state index contributed by atoms with van der Waals surface area (Å²) in [7, 11) is 0. The Balaban J connectivity index is 2.18. The molecule has 3 heteroatoms. The Hall–Kier alpha value is -1.09. The summed E-state index contributed by atoms with van der Waals surface area (Å²) in [6.45, 7) is 8.89. The molecule has 0 fully saturated rings. The molecule has 1 rings (SSSR count). The standard InChI is InChI=1S/C14H22FNO/c1-11(2)10-16-7-4-8-17-14-6-5-13(15)9-12(14)3/h5-6,9,11,16H,4,7-8,10H2,1-3H3. The average Bonchev–Trinajstić information content (AvgIpc) is 2.25. The van der Waals surface area contributed by atoms with Crippen molar-refractivity contribution in [1.82, 2.24) is 5.32 Å². The van der Waals surface area contributed by atoms with Gasteiger partial charge in [-0.25, -0.2) is 4.39 Å². The van der Waals surface area contributed by atoms with Crippen molar-refractivity contribution >= 4 is 0 Å². The quantitative estimate of drug-likeness (QED) is 0.738. The topological polar surface area (TPSA) is 21.3 Å². The Morgan fingerprint density at radius 2 is 2.12 bits per heavy atom. The molecule has 0 aliphatic carbocycles. The molecule has 0 saturated carbocycles. The van der Waals surface area contributed by atoms with Crippen molar-refractivity contribution in [2.75, 3.05) is 19.7 Å². The number of aryl methyl sites for hydroxylation is 1. The van der Waals surface area contributed by atoms with E-state index in [2.05, 4.69) is 19.2 Å². The summed E-state index contributed by atoms with van der Waals surface area (Å²) in [6.07, 6.45) is 0.962. The molecule has 1 aromatic rings. The normalized spacial score (nSPS) is 10.9. The molecule has 0 heterocycles. The van der Waals surface area contributed by atoms with Gasteiger partial charge in [-0.3, -0.25) is 0 Å². The second-order valence-corrected chi connectivity index (χ2v) is 4.71. The summed E-state index contributed by atoms with van der Waals surface area (Å²) in [5, 5.41) is 3.35. The monoisotopic (exact) mass is 239 g/mol. The molecule has 0 spiro atoms. The Kier molecular flexibility index (Phi) is 5.98. The van der Waals surface area contributed by atoms with Crippen molar-refractivity contribution < 1.29 is 9.13 Å². The van der Waals surface area contributed by atoms with Crippen LogP contribution in [-0.2, 0) is 0 Å². The van der Waals surface area contributed by atoms with Gasteiger partial charge < -0.3 is 10.1 Å². The number of rotatable bonds is 7. The van der Waals surface area contributed by atoms with Gasteiger partial charge >= 0.3 is 0 Å². The van der Waals surface area contributed by atoms with Crippen LogP contribution in [-0.4, -0.2) is 19.7 Å². The minimum Gasteiger partial charge on any atom is -0.493 e. The molecule has 17 heavy (non-hydrogen) atoms. The maximum Gasteiger partial charge on any atom is 0.123 e. The van der Waals surface area contributed by atoms with Crippen molar-refractivity contribution in [2.24, 2.45) is 5.92 Å². The molecule has 0 amide bonds. The lowest BCUT2D eigenvalue weighted by Gasteiger charge is -2.10. The van der Waals surface area contributed by atoms with Crippen LogP contribution in [0, 0.1) is 18.7 Å². The summed E-state index contributed by atoms with van der Waals surface area (Å²) in [5.41, 5.74) is 0.847. The summed E-state index contributed by atoms with van der Waals surface area (Å²) in [4.78, 5) is 0. The lowest BCUT2D eigenvalue weighted by Crippen LogP contribution is -2.22. The molecule has 1 aromatic carbocycles. The fourth-order valence-electron chi connectivity index (χ4n) is 1.54. The zero-order valence-corrected chi connectivity index (χ0v) is 10.9. The van der Waals surface area contributed by atoms with E-state index >= 15 is 0 Å². The fraction of sp³-hybridized carbons (Fsp3) is 0.571. The smallest absolute Gasteiger partial charge is 0.123 e. The van der Waals surface area contributed by atoms with E-state index in [1.54, 1.807) is 6.07 Å². The maximum atomic E-state index is 12.8. The van der Waals surface area contributed by atoms with Gasteiger partial charge in [0.25, 0.3) is 0 Å². The van der Waals surface area contributed by atoms with Crippen molar-refractivity contribution in [2.45, 2.75) is 27.2 Å². The van der Waals surface area contributed by atoms with E-state index in [4.69, 9.17) is 4.74 Å². The highest BCUT2D eigenvalue weighted by molar-refractivity contribution is 5.32. The fourth-order valence-corrected chi connectivity index (χ4v) is 1.54. The third kappa shape index (κ3) is 5.68. The molecule has 2 nitrogen and oxygen atoms in total. The number of hydrogen-bond acceptors (Lipinski definition) is 2. The van der Waals surface area contributed by atoms with Crippen LogP contribution in [0.25, 0.3) is 0 Å². The SMILES string of the molecule is Cc1cc(F)ccc1OCCCNCC(C)C. The number of halogens is 1. The molecule has 0 saturated heterocycles. The lowest BCUT2D eigenvalue weighted by atomic mass is 10.2. The largest absolute Gasteiger partial charge is 0.493 e. The zero-order valence-electron chi connectivity index (χ0n) is 10.9. The summed E-state index contributed by atoms with van der Waals surface area (Å²) < 4.78 is 18.4. The summed E-state index contributed by atoms with van der Waals surface area (Å²) in [5.74, 6) is 1.24. The van der Waals surface area contributed by atoms with Gasteiger partial charge in [0.15, 0.2) is 0 Å². The van der Waals surface area contributed by atoms with E-state index in [0.717, 1.165) is 30.8 Å². The van der Waals surface area contributed by atoms with Crippen molar-refractivity contribution in [3.8, 4) is 5.75 Å². The molecule has 0 aromatic heterocycles. The van der Waals surface area contributed by atoms with Gasteiger partial charge in [0.2, 0.25) is 0 Å². The van der Waals surface area contributed by atoms with Crippen LogP contribution in [0.5, 0.6) is 5.75 Å². The molecule has 1 N–H and O–H groups in total. The Morgan fingerprint density at radius 1 is 1.35 bits per heavy atom. The summed E-state index contributed by atoms with van der Waals surface area (Å²) in [6, 6.07) is 4.61. The highest BCUT2D eigenvalue weighted by Gasteiger charge is 2.00. The van der Waals surface area contributed by atoms with Gasteiger partial charge in [-0.1, -0.05) is 13.8 Å². The van der Waals surface area contributed by atoms with Gasteiger partial charge in [0.1, 0.15) is 11.6 Å². The number of ether oxygens (including phenoxy) is 1. The minimum atomic E-state index is -0.214. The molecular weight excluding hydrogens is 217 g/mol. The van der Waals surface area contributed by atoms with Gasteiger partial charge in [-0.2, -0.15) is 0 Å². The van der Waals surface area contributed by atoms with E-state index < -0.39 is 0 Å². The number of hydrogen-bond donors (Lipinski definition) is 1. The number of nitrogens with one attached hydrogen (secondary N) is 1. The first kappa shape index (κ1) is 14.0. The molecule has 0 aliphatic heterocycles. The molecule has 0 aliphatic rings. The van der Waals surface area contributed by atoms with Crippen molar-refractivity contribution in [3.05, 3.63) is 29.6 Å². The molecule has 0 radical (unpaired) electrons. The van der Waals surface area contributed by atoms with Gasteiger partial charge in [0.05, 0.1) is 6.61 Å². The van der Waals surface area contributed by atoms with Gasteiger partial charge in [-0.15, -0.1) is 0 Å². The van der Waals surface area contributed by atoms with Gasteiger partial charge in [-0.05, 0) is 56.1 Å². The molecule has 0 bridgehead atoms. The van der Waals surface area contributed by atoms with Crippen LogP contribution in [0.2, 0.25) is 0 Å².